The molecule has 1 aliphatic rings. The van der Waals surface area contributed by atoms with Crippen molar-refractivity contribution in [1.82, 2.24) is 19.4 Å². The Morgan fingerprint density at radius 1 is 1.03 bits per heavy atom. The van der Waals surface area contributed by atoms with Crippen LogP contribution in [0, 0.1) is 0 Å². The van der Waals surface area contributed by atoms with Crippen molar-refractivity contribution in [1.29, 1.82) is 0 Å². The van der Waals surface area contributed by atoms with Crippen LogP contribution in [-0.4, -0.2) is 68.9 Å². The Kier molecular flexibility index (Phi) is 8.32. The number of amides is 1. The fourth-order valence-corrected chi connectivity index (χ4v) is 4.42. The highest BCUT2D eigenvalue weighted by Crippen LogP contribution is 2.25. The minimum Gasteiger partial charge on any atom is -0.459 e. The lowest BCUT2D eigenvalue weighted by atomic mass is 10.1. The number of halogens is 1. The van der Waals surface area contributed by atoms with E-state index in [1.165, 1.54) is 6.20 Å². The van der Waals surface area contributed by atoms with Crippen LogP contribution in [0.3, 0.4) is 0 Å². The van der Waals surface area contributed by atoms with E-state index in [4.69, 9.17) is 9.47 Å². The molecule has 36 heavy (non-hydrogen) atoms. The number of carbonyl (C=O) groups excluding carboxylic acids is 2. The predicted octanol–water partition coefficient (Wildman–Crippen LogP) is 3.91. The monoisotopic (exact) mass is 565 g/mol. The second-order valence-corrected chi connectivity index (χ2v) is 11.7. The Morgan fingerprint density at radius 3 is 2.19 bits per heavy atom. The van der Waals surface area contributed by atoms with Crippen molar-refractivity contribution in [3.8, 4) is 0 Å². The number of esters is 1. The van der Waals surface area contributed by atoms with E-state index >= 15 is 0 Å². The molecular formula is C25H36BrN5O5. The topological polar surface area (TPSA) is 107 Å². The molecule has 0 radical (unpaired) electrons. The third-order valence-corrected chi connectivity index (χ3v) is 5.83. The van der Waals surface area contributed by atoms with Crippen LogP contribution in [0.4, 0.5) is 10.5 Å². The smallest absolute Gasteiger partial charge is 0.410 e. The largest absolute Gasteiger partial charge is 0.459 e. The maximum Gasteiger partial charge on any atom is 0.410 e. The van der Waals surface area contributed by atoms with Crippen molar-refractivity contribution in [2.75, 3.05) is 31.1 Å². The predicted molar refractivity (Wildman–Crippen MR) is 141 cm³/mol. The van der Waals surface area contributed by atoms with Gasteiger partial charge in [0, 0.05) is 31.9 Å². The molecule has 3 heterocycles. The highest BCUT2D eigenvalue weighted by Gasteiger charge is 2.30. The number of fused-ring (bicyclic) bond motifs is 1. The summed E-state index contributed by atoms with van der Waals surface area (Å²) in [5.41, 5.74) is 0.251. The molecule has 0 aromatic carbocycles. The van der Waals surface area contributed by atoms with Gasteiger partial charge in [-0.1, -0.05) is 13.3 Å². The van der Waals surface area contributed by atoms with E-state index in [9.17, 15) is 14.4 Å². The van der Waals surface area contributed by atoms with Gasteiger partial charge in [-0.3, -0.25) is 9.59 Å². The van der Waals surface area contributed by atoms with Gasteiger partial charge in [-0.15, -0.1) is 0 Å². The maximum absolute atomic E-state index is 13.7. The van der Waals surface area contributed by atoms with Crippen molar-refractivity contribution >= 4 is 44.8 Å². The van der Waals surface area contributed by atoms with E-state index < -0.39 is 17.2 Å². The Hall–Kier alpha value is -2.69. The lowest BCUT2D eigenvalue weighted by molar-refractivity contribution is -0.155. The molecule has 0 aliphatic carbocycles. The number of pyridine rings is 1. The number of nitrogens with zero attached hydrogens (tertiary/aromatic N) is 5. The molecule has 2 aromatic heterocycles. The summed E-state index contributed by atoms with van der Waals surface area (Å²) in [6.07, 6.45) is 2.47. The molecule has 1 saturated heterocycles. The Bertz CT molecular complexity index is 1190. The molecule has 10 nitrogen and oxygen atoms in total. The van der Waals surface area contributed by atoms with E-state index in [0.29, 0.717) is 54.2 Å². The van der Waals surface area contributed by atoms with Gasteiger partial charge in [-0.05, 0) is 63.9 Å². The average molecular weight is 566 g/mol. The van der Waals surface area contributed by atoms with Crippen LogP contribution in [0.25, 0.3) is 11.2 Å². The molecule has 1 fully saturated rings. The van der Waals surface area contributed by atoms with Crippen LogP contribution in [0.1, 0.15) is 60.6 Å². The van der Waals surface area contributed by atoms with Gasteiger partial charge in [0.1, 0.15) is 28.0 Å². The third kappa shape index (κ3) is 6.74. The van der Waals surface area contributed by atoms with Gasteiger partial charge in [-0.25, -0.2) is 14.8 Å². The van der Waals surface area contributed by atoms with Gasteiger partial charge < -0.3 is 23.8 Å². The lowest BCUT2D eigenvalue weighted by Crippen LogP contribution is -2.51. The maximum atomic E-state index is 13.7. The van der Waals surface area contributed by atoms with Gasteiger partial charge in [0.05, 0.1) is 6.20 Å². The van der Waals surface area contributed by atoms with E-state index in [1.54, 1.807) is 9.47 Å². The molecule has 11 heteroatoms. The fraction of sp³-hybridized carbons (Fsp3) is 0.640. The van der Waals surface area contributed by atoms with E-state index in [0.717, 1.165) is 6.42 Å². The molecule has 0 spiro atoms. The summed E-state index contributed by atoms with van der Waals surface area (Å²) in [4.78, 5) is 51.6. The molecule has 0 unspecified atom stereocenters. The van der Waals surface area contributed by atoms with Crippen molar-refractivity contribution in [2.24, 2.45) is 0 Å². The summed E-state index contributed by atoms with van der Waals surface area (Å²) in [5.74, 6) is -0.421. The first-order valence-electron chi connectivity index (χ1n) is 12.2. The summed E-state index contributed by atoms with van der Waals surface area (Å²) in [6, 6.07) is 0. The molecule has 0 N–H and O–H groups in total. The SMILES string of the molecule is CCCc1c(N2CCN(C(=O)OC(C)(C)C)CC2)c(=O)c2nc(Br)cnc2n1CC(=O)OC(C)(C)C. The zero-order chi connectivity index (χ0) is 26.8. The van der Waals surface area contributed by atoms with Crippen LogP contribution >= 0.6 is 15.9 Å². The zero-order valence-corrected chi connectivity index (χ0v) is 23.8. The molecule has 0 atom stereocenters. The molecular weight excluding hydrogens is 530 g/mol. The number of hydrogen-bond acceptors (Lipinski definition) is 8. The Balaban J connectivity index is 2.04. The number of anilines is 1. The van der Waals surface area contributed by atoms with Crippen molar-refractivity contribution in [3.63, 3.8) is 0 Å². The Labute approximate surface area is 220 Å². The molecule has 0 saturated carbocycles. The van der Waals surface area contributed by atoms with E-state index in [2.05, 4.69) is 25.9 Å². The fourth-order valence-electron chi connectivity index (χ4n) is 4.14. The number of carbonyl (C=O) groups is 2. The van der Waals surface area contributed by atoms with Gasteiger partial charge in [-0.2, -0.15) is 0 Å². The summed E-state index contributed by atoms with van der Waals surface area (Å²) in [6.45, 7) is 14.6. The first-order chi connectivity index (χ1) is 16.7. The van der Waals surface area contributed by atoms with Gasteiger partial charge in [0.2, 0.25) is 5.43 Å². The highest BCUT2D eigenvalue weighted by atomic mass is 79.9. The van der Waals surface area contributed by atoms with Crippen molar-refractivity contribution in [2.45, 2.75) is 79.1 Å². The second-order valence-electron chi connectivity index (χ2n) is 10.9. The highest BCUT2D eigenvalue weighted by molar-refractivity contribution is 9.10. The Morgan fingerprint density at radius 2 is 1.64 bits per heavy atom. The molecule has 1 aliphatic heterocycles. The number of aromatic nitrogens is 3. The molecule has 198 valence electrons. The number of ether oxygens (including phenoxy) is 2. The summed E-state index contributed by atoms with van der Waals surface area (Å²) in [5, 5.41) is 0. The zero-order valence-electron chi connectivity index (χ0n) is 22.2. The first kappa shape index (κ1) is 27.9. The van der Waals surface area contributed by atoms with E-state index in [1.807, 2.05) is 53.4 Å². The molecule has 2 aromatic rings. The van der Waals surface area contributed by atoms with Crippen molar-refractivity contribution in [3.05, 3.63) is 26.7 Å². The van der Waals surface area contributed by atoms with Gasteiger partial charge in [0.15, 0.2) is 11.2 Å². The van der Waals surface area contributed by atoms with Crippen LogP contribution < -0.4 is 10.3 Å². The van der Waals surface area contributed by atoms with Gasteiger partial charge in [0.25, 0.3) is 0 Å². The van der Waals surface area contributed by atoms with Crippen LogP contribution in [-0.2, 0) is 27.2 Å². The number of rotatable bonds is 5. The number of hydrogen-bond donors (Lipinski definition) is 0. The summed E-state index contributed by atoms with van der Waals surface area (Å²) >= 11 is 3.31. The minimum atomic E-state index is -0.646. The quantitative estimate of drug-likeness (QED) is 0.502. The third-order valence-electron chi connectivity index (χ3n) is 5.45. The minimum absolute atomic E-state index is 0.0927. The summed E-state index contributed by atoms with van der Waals surface area (Å²) < 4.78 is 13.3. The average Bonchev–Trinajstić information content (AvgIpc) is 2.74. The molecule has 0 bridgehead atoms. The van der Waals surface area contributed by atoms with Crippen LogP contribution in [0.5, 0.6) is 0 Å². The summed E-state index contributed by atoms with van der Waals surface area (Å²) in [7, 11) is 0. The molecule has 3 rings (SSSR count). The first-order valence-corrected chi connectivity index (χ1v) is 13.0. The van der Waals surface area contributed by atoms with Crippen molar-refractivity contribution < 1.29 is 19.1 Å². The number of piperazine rings is 1. The standard InChI is InChI=1S/C25H36BrN5O5/c1-8-9-16-20(29-10-12-30(13-11-29)23(34)36-25(5,6)7)21(33)19-22(27-14-17(26)28-19)31(16)15-18(32)35-24(2,3)4/h14H,8-13,15H2,1-7H3. The van der Waals surface area contributed by atoms with E-state index in [-0.39, 0.29) is 23.6 Å². The van der Waals surface area contributed by atoms with Crippen LogP contribution in [0.15, 0.2) is 15.6 Å². The van der Waals surface area contributed by atoms with Crippen LogP contribution in [0.2, 0.25) is 0 Å². The lowest BCUT2D eigenvalue weighted by Gasteiger charge is -2.37. The molecule has 1 amide bonds. The van der Waals surface area contributed by atoms with Gasteiger partial charge >= 0.3 is 12.1 Å². The second kappa shape index (κ2) is 10.7. The normalized spacial score (nSPS) is 14.8.